The van der Waals surface area contributed by atoms with Crippen molar-refractivity contribution >= 4 is 11.6 Å². The van der Waals surface area contributed by atoms with Crippen molar-refractivity contribution in [1.29, 1.82) is 0 Å². The van der Waals surface area contributed by atoms with E-state index in [9.17, 15) is 0 Å². The summed E-state index contributed by atoms with van der Waals surface area (Å²) in [5, 5.41) is 4.26. The Morgan fingerprint density at radius 1 is 1.38 bits per heavy atom. The average molecular weight is 242 g/mol. The first kappa shape index (κ1) is 13.5. The molecule has 0 aliphatic rings. The molecule has 0 heterocycles. The van der Waals surface area contributed by atoms with Crippen molar-refractivity contribution in [3.63, 3.8) is 0 Å². The number of benzene rings is 1. The summed E-state index contributed by atoms with van der Waals surface area (Å²) >= 11 is 6.07. The fraction of sp³-hybridized carbons (Fsp3) is 0.538. The number of rotatable bonds is 7. The van der Waals surface area contributed by atoms with Gasteiger partial charge in [-0.2, -0.15) is 0 Å². The quantitative estimate of drug-likeness (QED) is 0.793. The van der Waals surface area contributed by atoms with Crippen molar-refractivity contribution in [3.05, 3.63) is 34.9 Å². The number of nitrogens with one attached hydrogen (secondary N) is 1. The van der Waals surface area contributed by atoms with Gasteiger partial charge < -0.3 is 10.1 Å². The van der Waals surface area contributed by atoms with Gasteiger partial charge in [0.1, 0.15) is 0 Å². The Hall–Kier alpha value is -0.570. The third-order valence-electron chi connectivity index (χ3n) is 2.42. The van der Waals surface area contributed by atoms with E-state index >= 15 is 0 Å². The lowest BCUT2D eigenvalue weighted by Gasteiger charge is -2.13. The monoisotopic (exact) mass is 241 g/mol. The molecule has 3 heteroatoms. The Kier molecular flexibility index (Phi) is 6.46. The number of ether oxygens (including phenoxy) is 1. The van der Waals surface area contributed by atoms with E-state index < -0.39 is 0 Å². The first-order chi connectivity index (χ1) is 7.74. The molecule has 0 aliphatic heterocycles. The van der Waals surface area contributed by atoms with E-state index in [1.54, 1.807) is 0 Å². The molecular formula is C13H20ClNO. The van der Waals surface area contributed by atoms with Gasteiger partial charge in [0, 0.05) is 17.7 Å². The maximum Gasteiger partial charge on any atom is 0.0616 e. The van der Waals surface area contributed by atoms with Crippen molar-refractivity contribution in [2.24, 2.45) is 0 Å². The number of halogens is 1. The van der Waals surface area contributed by atoms with Crippen molar-refractivity contribution in [2.45, 2.75) is 26.3 Å². The van der Waals surface area contributed by atoms with Crippen LogP contribution in [0.4, 0.5) is 0 Å². The van der Waals surface area contributed by atoms with Crippen LogP contribution in [0.25, 0.3) is 0 Å². The average Bonchev–Trinajstić information content (AvgIpc) is 2.29. The van der Waals surface area contributed by atoms with E-state index in [2.05, 4.69) is 18.3 Å². The van der Waals surface area contributed by atoms with Crippen molar-refractivity contribution in [2.75, 3.05) is 19.8 Å². The zero-order valence-electron chi connectivity index (χ0n) is 10.0. The molecule has 2 nitrogen and oxygen atoms in total. The minimum Gasteiger partial charge on any atom is -0.380 e. The van der Waals surface area contributed by atoms with Crippen LogP contribution in [0.2, 0.25) is 5.02 Å². The zero-order valence-corrected chi connectivity index (χ0v) is 10.8. The SMILES string of the molecule is CCOCC(C)NCCc1ccccc1Cl. The van der Waals surface area contributed by atoms with Crippen LogP contribution < -0.4 is 5.32 Å². The highest BCUT2D eigenvalue weighted by Crippen LogP contribution is 2.14. The van der Waals surface area contributed by atoms with Crippen LogP contribution in [0.3, 0.4) is 0 Å². The van der Waals surface area contributed by atoms with Gasteiger partial charge in [-0.25, -0.2) is 0 Å². The predicted molar refractivity (Wildman–Crippen MR) is 69.1 cm³/mol. The number of hydrogen-bond acceptors (Lipinski definition) is 2. The van der Waals surface area contributed by atoms with E-state index in [1.807, 2.05) is 25.1 Å². The van der Waals surface area contributed by atoms with Gasteiger partial charge in [0.25, 0.3) is 0 Å². The molecule has 1 atom stereocenters. The van der Waals surface area contributed by atoms with Crippen LogP contribution in [-0.2, 0) is 11.2 Å². The van der Waals surface area contributed by atoms with Gasteiger partial charge >= 0.3 is 0 Å². The second kappa shape index (κ2) is 7.66. The Bertz CT molecular complexity index is 304. The maximum atomic E-state index is 6.07. The Morgan fingerprint density at radius 2 is 2.12 bits per heavy atom. The molecule has 1 unspecified atom stereocenters. The topological polar surface area (TPSA) is 21.3 Å². The van der Waals surface area contributed by atoms with Gasteiger partial charge in [-0.15, -0.1) is 0 Å². The first-order valence-corrected chi connectivity index (χ1v) is 6.16. The fourth-order valence-corrected chi connectivity index (χ4v) is 1.74. The summed E-state index contributed by atoms with van der Waals surface area (Å²) in [5.74, 6) is 0. The molecule has 0 saturated heterocycles. The first-order valence-electron chi connectivity index (χ1n) is 5.78. The third kappa shape index (κ3) is 4.97. The third-order valence-corrected chi connectivity index (χ3v) is 2.79. The molecule has 0 aliphatic carbocycles. The largest absolute Gasteiger partial charge is 0.380 e. The molecule has 90 valence electrons. The maximum absolute atomic E-state index is 6.07. The molecule has 16 heavy (non-hydrogen) atoms. The van der Waals surface area contributed by atoms with E-state index in [0.717, 1.165) is 31.2 Å². The summed E-state index contributed by atoms with van der Waals surface area (Å²) in [6, 6.07) is 8.36. The fourth-order valence-electron chi connectivity index (χ4n) is 1.51. The molecule has 1 N–H and O–H groups in total. The van der Waals surface area contributed by atoms with Gasteiger partial charge in [0.05, 0.1) is 6.61 Å². The Morgan fingerprint density at radius 3 is 2.81 bits per heavy atom. The second-order valence-electron chi connectivity index (χ2n) is 3.86. The van der Waals surface area contributed by atoms with Crippen molar-refractivity contribution in [1.82, 2.24) is 5.32 Å². The van der Waals surface area contributed by atoms with E-state index in [1.165, 1.54) is 5.56 Å². The molecule has 0 bridgehead atoms. The summed E-state index contributed by atoms with van der Waals surface area (Å²) < 4.78 is 5.33. The predicted octanol–water partition coefficient (Wildman–Crippen LogP) is 2.90. The van der Waals surface area contributed by atoms with Gasteiger partial charge in [-0.05, 0) is 38.4 Å². The summed E-state index contributed by atoms with van der Waals surface area (Å²) in [6.45, 7) is 6.60. The highest BCUT2D eigenvalue weighted by atomic mass is 35.5. The van der Waals surface area contributed by atoms with Gasteiger partial charge in [-0.1, -0.05) is 29.8 Å². The minimum absolute atomic E-state index is 0.391. The standard InChI is InChI=1S/C13H20ClNO/c1-3-16-10-11(2)15-9-8-12-6-4-5-7-13(12)14/h4-7,11,15H,3,8-10H2,1-2H3. The van der Waals surface area contributed by atoms with Crippen LogP contribution >= 0.6 is 11.6 Å². The lowest BCUT2D eigenvalue weighted by molar-refractivity contribution is 0.127. The molecule has 0 radical (unpaired) electrons. The molecule has 0 amide bonds. The van der Waals surface area contributed by atoms with Gasteiger partial charge in [0.15, 0.2) is 0 Å². The van der Waals surface area contributed by atoms with Crippen LogP contribution in [0.15, 0.2) is 24.3 Å². The van der Waals surface area contributed by atoms with E-state index in [4.69, 9.17) is 16.3 Å². The van der Waals surface area contributed by atoms with Gasteiger partial charge in [0.2, 0.25) is 0 Å². The second-order valence-corrected chi connectivity index (χ2v) is 4.26. The number of hydrogen-bond donors (Lipinski definition) is 1. The Balaban J connectivity index is 2.23. The summed E-state index contributed by atoms with van der Waals surface area (Å²) in [7, 11) is 0. The van der Waals surface area contributed by atoms with Crippen molar-refractivity contribution < 1.29 is 4.74 Å². The summed E-state index contributed by atoms with van der Waals surface area (Å²) in [5.41, 5.74) is 1.19. The molecule has 1 rings (SSSR count). The molecule has 0 saturated carbocycles. The molecular weight excluding hydrogens is 222 g/mol. The highest BCUT2D eigenvalue weighted by molar-refractivity contribution is 6.31. The van der Waals surface area contributed by atoms with E-state index in [-0.39, 0.29) is 0 Å². The summed E-state index contributed by atoms with van der Waals surface area (Å²) in [6.07, 6.45) is 0.955. The summed E-state index contributed by atoms with van der Waals surface area (Å²) in [4.78, 5) is 0. The van der Waals surface area contributed by atoms with Crippen molar-refractivity contribution in [3.8, 4) is 0 Å². The zero-order chi connectivity index (χ0) is 11.8. The van der Waals surface area contributed by atoms with E-state index in [0.29, 0.717) is 6.04 Å². The minimum atomic E-state index is 0.391. The molecule has 1 aromatic carbocycles. The van der Waals surface area contributed by atoms with Crippen LogP contribution in [0.1, 0.15) is 19.4 Å². The van der Waals surface area contributed by atoms with Crippen LogP contribution in [0.5, 0.6) is 0 Å². The molecule has 0 aromatic heterocycles. The smallest absolute Gasteiger partial charge is 0.0616 e. The highest BCUT2D eigenvalue weighted by Gasteiger charge is 2.02. The normalized spacial score (nSPS) is 12.7. The molecule has 1 aromatic rings. The molecule has 0 fully saturated rings. The van der Waals surface area contributed by atoms with Crippen LogP contribution in [0, 0.1) is 0 Å². The van der Waals surface area contributed by atoms with Crippen LogP contribution in [-0.4, -0.2) is 25.8 Å². The Labute approximate surface area is 103 Å². The van der Waals surface area contributed by atoms with Gasteiger partial charge in [-0.3, -0.25) is 0 Å². The molecule has 0 spiro atoms. The lowest BCUT2D eigenvalue weighted by Crippen LogP contribution is -2.32. The lowest BCUT2D eigenvalue weighted by atomic mass is 10.1.